The van der Waals surface area contributed by atoms with Crippen molar-refractivity contribution in [3.8, 4) is 0 Å². The Bertz CT molecular complexity index is 963. The Kier molecular flexibility index (Phi) is 9.94. The molecule has 0 aliphatic heterocycles. The van der Waals surface area contributed by atoms with Crippen LogP contribution in [0.15, 0.2) is 89.8 Å². The molecule has 3 nitrogen and oxygen atoms in total. The smallest absolute Gasteiger partial charge is 1.00 e. The third kappa shape index (κ3) is 7.47. The zero-order valence-electron chi connectivity index (χ0n) is 16.4. The van der Waals surface area contributed by atoms with E-state index in [0.29, 0.717) is 0 Å². The Labute approximate surface area is 196 Å². The minimum absolute atomic E-state index is 0. The first-order valence-corrected chi connectivity index (χ1v) is 9.91. The molecule has 0 spiro atoms. The molecule has 3 aromatic carbocycles. The minimum Gasteiger partial charge on any atom is -1.00 e. The van der Waals surface area contributed by atoms with Crippen LogP contribution >= 0.6 is 12.6 Å². The topological polar surface area (TPSA) is 54.4 Å². The molecule has 3 rings (SSSR count). The fraction of sp³-hybridized carbons (Fsp3) is 0.100. The van der Waals surface area contributed by atoms with Gasteiger partial charge in [0.25, 0.3) is 0 Å². The normalized spacial score (nSPS) is 11.2. The largest absolute Gasteiger partial charge is 1.00 e. The van der Waals surface area contributed by atoms with Crippen molar-refractivity contribution in [2.24, 2.45) is 0 Å². The van der Waals surface area contributed by atoms with E-state index in [-0.39, 0.29) is 36.9 Å². The molecule has 0 unspecified atom stereocenters. The second-order valence-corrected chi connectivity index (χ2v) is 7.63. The third-order valence-corrected chi connectivity index (χ3v) is 4.80. The van der Waals surface area contributed by atoms with Gasteiger partial charge < -0.3 is 1.43 Å². The van der Waals surface area contributed by atoms with Crippen molar-refractivity contribution in [3.05, 3.63) is 102 Å². The minimum atomic E-state index is -5.84. The van der Waals surface area contributed by atoms with E-state index in [2.05, 4.69) is 91.5 Å². The van der Waals surface area contributed by atoms with Crippen LogP contribution in [0.1, 0.15) is 24.0 Å². The van der Waals surface area contributed by atoms with Crippen LogP contribution < -0.4 is 29.6 Å². The van der Waals surface area contributed by atoms with Crippen molar-refractivity contribution < 1.29 is 57.1 Å². The molecule has 9 heteroatoms. The molecule has 0 bridgehead atoms. The Balaban J connectivity index is 0.000000730. The monoisotopic (exact) mass is 450 g/mol. The summed E-state index contributed by atoms with van der Waals surface area (Å²) in [5, 5.41) is 0. The predicted octanol–water partition coefficient (Wildman–Crippen LogP) is 2.67. The molecule has 1 N–H and O–H groups in total. The van der Waals surface area contributed by atoms with Gasteiger partial charge in [0.15, 0.2) is 0 Å². The molecule has 0 fully saturated rings. The van der Waals surface area contributed by atoms with Gasteiger partial charge in [-0.3, -0.25) is 4.55 Å². The van der Waals surface area contributed by atoms with Crippen LogP contribution in [0.3, 0.4) is 0 Å². The van der Waals surface area contributed by atoms with Gasteiger partial charge in [0.1, 0.15) is 0 Å². The van der Waals surface area contributed by atoms with Gasteiger partial charge in [-0.25, -0.2) is 0 Å². The first-order chi connectivity index (χ1) is 13.1. The van der Waals surface area contributed by atoms with Crippen molar-refractivity contribution in [3.63, 3.8) is 0 Å². The summed E-state index contributed by atoms with van der Waals surface area (Å²) in [4.78, 5) is 1.03. The van der Waals surface area contributed by atoms with E-state index in [1.165, 1.54) is 16.7 Å². The number of benzene rings is 3. The van der Waals surface area contributed by atoms with Crippen LogP contribution in [0.5, 0.6) is 0 Å². The van der Waals surface area contributed by atoms with E-state index in [0.717, 1.165) is 4.90 Å². The fourth-order valence-corrected chi connectivity index (χ4v) is 2.86. The maximum absolute atomic E-state index is 10.7. The zero-order chi connectivity index (χ0) is 20.8. The maximum Gasteiger partial charge on any atom is 1.00 e. The average molecular weight is 450 g/mol. The summed E-state index contributed by atoms with van der Waals surface area (Å²) in [6.45, 7) is 0. The van der Waals surface area contributed by atoms with Gasteiger partial charge in [0.2, 0.25) is 0 Å². The van der Waals surface area contributed by atoms with Crippen molar-refractivity contribution >= 4 is 22.7 Å². The van der Waals surface area contributed by atoms with Gasteiger partial charge in [0.05, 0.1) is 0 Å². The van der Waals surface area contributed by atoms with Crippen molar-refractivity contribution in [1.82, 2.24) is 0 Å². The molecular formula is C20H18F3NaO3S2. The summed E-state index contributed by atoms with van der Waals surface area (Å²) in [7, 11) is -5.84. The Morgan fingerprint density at radius 1 is 0.793 bits per heavy atom. The van der Waals surface area contributed by atoms with E-state index in [1.54, 1.807) is 0 Å². The van der Waals surface area contributed by atoms with E-state index >= 15 is 0 Å². The van der Waals surface area contributed by atoms with Gasteiger partial charge in [-0.15, -0.1) is 12.6 Å². The molecule has 0 amide bonds. The molecule has 0 radical (unpaired) electrons. The molecule has 0 saturated carbocycles. The second kappa shape index (κ2) is 11.2. The summed E-state index contributed by atoms with van der Waals surface area (Å²) in [5.74, 6) is 0.228. The van der Waals surface area contributed by atoms with Gasteiger partial charge >= 0.3 is 45.2 Å². The van der Waals surface area contributed by atoms with E-state index in [1.807, 2.05) is 6.07 Å². The standard InChI is InChI=1S/C19H16S.CHF3O3S.Na.H/c20-18-14-8-7-13-17(18)19(15-9-3-1-4-10-15)16-11-5-2-6-12-16;2-1(3,4)8(5,6)7;;/h1-14,19-20H;(H,5,6,7);;/q;;+1;-1. The first-order valence-electron chi connectivity index (χ1n) is 8.03. The van der Waals surface area contributed by atoms with Crippen LogP contribution in [-0.2, 0) is 10.1 Å². The molecule has 0 saturated heterocycles. The number of hydrogen-bond acceptors (Lipinski definition) is 3. The SMILES string of the molecule is O=S(=O)(O)C(F)(F)F.Sc1ccccc1C(c1ccccc1)c1ccccc1.[H-].[Na+]. The van der Waals surface area contributed by atoms with E-state index in [4.69, 9.17) is 13.0 Å². The van der Waals surface area contributed by atoms with Crippen LogP contribution in [0.2, 0.25) is 0 Å². The third-order valence-electron chi connectivity index (χ3n) is 3.81. The van der Waals surface area contributed by atoms with Crippen LogP contribution in [0, 0.1) is 0 Å². The quantitative estimate of drug-likeness (QED) is 0.212. The summed E-state index contributed by atoms with van der Waals surface area (Å²) in [5.41, 5.74) is -1.71. The van der Waals surface area contributed by atoms with Gasteiger partial charge in [0, 0.05) is 10.8 Å². The number of rotatable bonds is 3. The number of hydrogen-bond donors (Lipinski definition) is 2. The number of alkyl halides is 3. The van der Waals surface area contributed by atoms with Crippen LogP contribution in [-0.4, -0.2) is 18.5 Å². The summed E-state index contributed by atoms with van der Waals surface area (Å²) in [6.07, 6.45) is 0. The van der Waals surface area contributed by atoms with Crippen molar-refractivity contribution in [2.75, 3.05) is 0 Å². The van der Waals surface area contributed by atoms with E-state index in [9.17, 15) is 13.2 Å². The molecule has 0 aliphatic rings. The summed E-state index contributed by atoms with van der Waals surface area (Å²) in [6, 6.07) is 29.5. The van der Waals surface area contributed by atoms with Crippen molar-refractivity contribution in [1.29, 1.82) is 0 Å². The predicted molar refractivity (Wildman–Crippen MR) is 106 cm³/mol. The number of thiol groups is 1. The molecule has 0 heterocycles. The Hall–Kier alpha value is -1.29. The summed E-state index contributed by atoms with van der Waals surface area (Å²) >= 11 is 4.64. The van der Waals surface area contributed by atoms with Crippen LogP contribution in [0.25, 0.3) is 0 Å². The Morgan fingerprint density at radius 3 is 1.48 bits per heavy atom. The molecule has 150 valence electrons. The van der Waals surface area contributed by atoms with Gasteiger partial charge in [-0.2, -0.15) is 21.6 Å². The molecular weight excluding hydrogens is 432 g/mol. The van der Waals surface area contributed by atoms with Gasteiger partial charge in [-0.1, -0.05) is 78.9 Å². The zero-order valence-corrected chi connectivity index (χ0v) is 19.1. The average Bonchev–Trinajstić information content (AvgIpc) is 2.64. The fourth-order valence-electron chi connectivity index (χ4n) is 2.57. The van der Waals surface area contributed by atoms with Gasteiger partial charge in [-0.05, 0) is 22.8 Å². The summed E-state index contributed by atoms with van der Waals surface area (Å²) < 4.78 is 57.5. The van der Waals surface area contributed by atoms with Crippen LogP contribution in [0.4, 0.5) is 13.2 Å². The second-order valence-electron chi connectivity index (χ2n) is 5.73. The molecule has 0 atom stereocenters. The van der Waals surface area contributed by atoms with E-state index < -0.39 is 15.6 Å². The Morgan fingerprint density at radius 2 is 1.14 bits per heavy atom. The molecule has 0 aliphatic carbocycles. The maximum atomic E-state index is 10.7. The molecule has 3 aromatic rings. The number of halogens is 3. The van der Waals surface area contributed by atoms with Crippen molar-refractivity contribution in [2.45, 2.75) is 16.3 Å². The molecule has 0 aromatic heterocycles. The first kappa shape index (κ1) is 25.7. The molecule has 29 heavy (non-hydrogen) atoms.